The number of benzene rings is 1. The fraction of sp³-hybridized carbons (Fsp3) is 0.462. The van der Waals surface area contributed by atoms with Crippen molar-refractivity contribution in [3.63, 3.8) is 0 Å². The zero-order valence-corrected chi connectivity index (χ0v) is 12.0. The second kappa shape index (κ2) is 5.14. The van der Waals surface area contributed by atoms with E-state index in [0.29, 0.717) is 5.56 Å². The first-order valence-electron chi connectivity index (χ1n) is 6.26. The van der Waals surface area contributed by atoms with E-state index in [-0.39, 0.29) is 17.9 Å². The van der Waals surface area contributed by atoms with Crippen molar-refractivity contribution in [2.45, 2.75) is 31.2 Å². The Hall–Kier alpha value is -1.47. The Balaban J connectivity index is 2.41. The molecule has 2 unspecified atom stereocenters. The van der Waals surface area contributed by atoms with E-state index >= 15 is 0 Å². The van der Waals surface area contributed by atoms with Crippen LogP contribution in [-0.4, -0.2) is 36.4 Å². The molecule has 0 bridgehead atoms. The van der Waals surface area contributed by atoms with Gasteiger partial charge in [-0.05, 0) is 38.0 Å². The molecular weight excluding hydrogens is 285 g/mol. The van der Waals surface area contributed by atoms with Gasteiger partial charge in [-0.3, -0.25) is 4.79 Å². The number of aliphatic carboxylic acids is 1. The summed E-state index contributed by atoms with van der Waals surface area (Å²) >= 11 is 0. The minimum Gasteiger partial charge on any atom is -0.481 e. The van der Waals surface area contributed by atoms with Crippen LogP contribution in [0.3, 0.4) is 0 Å². The molecule has 2 atom stereocenters. The fourth-order valence-electron chi connectivity index (χ4n) is 2.56. The molecule has 0 saturated carbocycles. The second-order valence-corrected chi connectivity index (χ2v) is 6.86. The van der Waals surface area contributed by atoms with Crippen molar-refractivity contribution in [2.24, 2.45) is 5.92 Å². The van der Waals surface area contributed by atoms with Crippen molar-refractivity contribution >= 4 is 16.0 Å². The molecule has 110 valence electrons. The van der Waals surface area contributed by atoms with Gasteiger partial charge in [0.1, 0.15) is 5.82 Å². The SMILES string of the molecule is Cc1ccc(F)cc1S(=O)(=O)N1CCC(C(=O)O)C1C. The normalized spacial score (nSPS) is 23.9. The molecule has 1 aromatic carbocycles. The van der Waals surface area contributed by atoms with Gasteiger partial charge in [0.15, 0.2) is 0 Å². The van der Waals surface area contributed by atoms with Crippen LogP contribution >= 0.6 is 0 Å². The average molecular weight is 301 g/mol. The Bertz CT molecular complexity index is 644. The summed E-state index contributed by atoms with van der Waals surface area (Å²) in [5, 5.41) is 9.05. The maximum Gasteiger partial charge on any atom is 0.308 e. The Morgan fingerprint density at radius 2 is 2.10 bits per heavy atom. The molecule has 1 heterocycles. The van der Waals surface area contributed by atoms with Gasteiger partial charge in [0.2, 0.25) is 10.0 Å². The zero-order valence-electron chi connectivity index (χ0n) is 11.2. The second-order valence-electron chi connectivity index (χ2n) is 5.00. The van der Waals surface area contributed by atoms with E-state index in [1.807, 2.05) is 0 Å². The predicted molar refractivity (Wildman–Crippen MR) is 70.2 cm³/mol. The van der Waals surface area contributed by atoms with Crippen LogP contribution in [0.4, 0.5) is 4.39 Å². The lowest BCUT2D eigenvalue weighted by molar-refractivity contribution is -0.142. The molecule has 0 aliphatic carbocycles. The standard InChI is InChI=1S/C13H16FNO4S/c1-8-3-4-10(14)7-12(8)20(18,19)15-6-5-11(9(15)2)13(16)17/h3-4,7,9,11H,5-6H2,1-2H3,(H,16,17). The summed E-state index contributed by atoms with van der Waals surface area (Å²) in [6.45, 7) is 3.29. The van der Waals surface area contributed by atoms with Crippen LogP contribution in [0.25, 0.3) is 0 Å². The van der Waals surface area contributed by atoms with Crippen LogP contribution < -0.4 is 0 Å². The smallest absolute Gasteiger partial charge is 0.308 e. The van der Waals surface area contributed by atoms with E-state index in [4.69, 9.17) is 5.11 Å². The van der Waals surface area contributed by atoms with Crippen molar-refractivity contribution < 1.29 is 22.7 Å². The van der Waals surface area contributed by atoms with Gasteiger partial charge in [-0.1, -0.05) is 6.07 Å². The molecule has 1 aliphatic heterocycles. The van der Waals surface area contributed by atoms with Gasteiger partial charge in [-0.25, -0.2) is 12.8 Å². The first kappa shape index (κ1) is 14.9. The van der Waals surface area contributed by atoms with Gasteiger partial charge in [0.25, 0.3) is 0 Å². The number of halogens is 1. The molecule has 0 aromatic heterocycles. The number of hydrogen-bond donors (Lipinski definition) is 1. The van der Waals surface area contributed by atoms with Gasteiger partial charge in [-0.15, -0.1) is 0 Å². The highest BCUT2D eigenvalue weighted by atomic mass is 32.2. The van der Waals surface area contributed by atoms with E-state index in [2.05, 4.69) is 0 Å². The largest absolute Gasteiger partial charge is 0.481 e. The van der Waals surface area contributed by atoms with Gasteiger partial charge >= 0.3 is 5.97 Å². The van der Waals surface area contributed by atoms with E-state index in [9.17, 15) is 17.6 Å². The van der Waals surface area contributed by atoms with Crippen LogP contribution in [0.5, 0.6) is 0 Å². The summed E-state index contributed by atoms with van der Waals surface area (Å²) in [4.78, 5) is 11.0. The van der Waals surface area contributed by atoms with Crippen LogP contribution in [0, 0.1) is 18.7 Å². The monoisotopic (exact) mass is 301 g/mol. The maximum atomic E-state index is 13.3. The predicted octanol–water partition coefficient (Wildman–Crippen LogP) is 1.62. The molecule has 7 heteroatoms. The summed E-state index contributed by atoms with van der Waals surface area (Å²) < 4.78 is 39.5. The number of nitrogens with zero attached hydrogens (tertiary/aromatic N) is 1. The number of carbonyl (C=O) groups is 1. The van der Waals surface area contributed by atoms with Crippen LogP contribution in [0.2, 0.25) is 0 Å². The molecule has 0 spiro atoms. The minimum absolute atomic E-state index is 0.101. The van der Waals surface area contributed by atoms with E-state index in [0.717, 1.165) is 10.4 Å². The molecule has 5 nitrogen and oxygen atoms in total. The van der Waals surface area contributed by atoms with E-state index < -0.39 is 33.8 Å². The van der Waals surface area contributed by atoms with Gasteiger partial charge in [-0.2, -0.15) is 4.31 Å². The first-order valence-corrected chi connectivity index (χ1v) is 7.70. The maximum absolute atomic E-state index is 13.3. The molecule has 1 fully saturated rings. The molecule has 20 heavy (non-hydrogen) atoms. The molecule has 0 radical (unpaired) electrons. The van der Waals surface area contributed by atoms with E-state index in [1.54, 1.807) is 13.8 Å². The Morgan fingerprint density at radius 3 is 2.65 bits per heavy atom. The Kier molecular flexibility index (Phi) is 3.84. The molecule has 1 aliphatic rings. The topological polar surface area (TPSA) is 74.7 Å². The molecule has 2 rings (SSSR count). The highest BCUT2D eigenvalue weighted by Gasteiger charge is 2.42. The van der Waals surface area contributed by atoms with Crippen molar-refractivity contribution in [3.8, 4) is 0 Å². The first-order chi connectivity index (χ1) is 9.25. The lowest BCUT2D eigenvalue weighted by atomic mass is 10.0. The minimum atomic E-state index is -3.88. The Morgan fingerprint density at radius 1 is 1.45 bits per heavy atom. The molecule has 1 saturated heterocycles. The summed E-state index contributed by atoms with van der Waals surface area (Å²) in [7, 11) is -3.88. The highest BCUT2D eigenvalue weighted by Crippen LogP contribution is 2.31. The van der Waals surface area contributed by atoms with E-state index in [1.165, 1.54) is 12.1 Å². The van der Waals surface area contributed by atoms with Gasteiger partial charge < -0.3 is 5.11 Å². The molecule has 0 amide bonds. The molecule has 1 aromatic rings. The number of carboxylic acid groups (broad SMARTS) is 1. The summed E-state index contributed by atoms with van der Waals surface area (Å²) in [6.07, 6.45) is 0.268. The molecule has 1 N–H and O–H groups in total. The van der Waals surface area contributed by atoms with Crippen molar-refractivity contribution in [2.75, 3.05) is 6.54 Å². The number of hydrogen-bond acceptors (Lipinski definition) is 3. The van der Waals surface area contributed by atoms with Crippen molar-refractivity contribution in [1.82, 2.24) is 4.31 Å². The summed E-state index contributed by atoms with van der Waals surface area (Å²) in [5.41, 5.74) is 0.442. The third kappa shape index (κ3) is 2.43. The zero-order chi connectivity index (χ0) is 15.1. The quantitative estimate of drug-likeness (QED) is 0.920. The van der Waals surface area contributed by atoms with Crippen LogP contribution in [0.15, 0.2) is 23.1 Å². The highest BCUT2D eigenvalue weighted by molar-refractivity contribution is 7.89. The number of aryl methyl sites for hydroxylation is 1. The summed E-state index contributed by atoms with van der Waals surface area (Å²) in [5.74, 6) is -2.36. The van der Waals surface area contributed by atoms with Crippen LogP contribution in [-0.2, 0) is 14.8 Å². The average Bonchev–Trinajstić information content (AvgIpc) is 2.74. The number of carboxylic acids is 1. The number of rotatable bonds is 3. The molecular formula is C13H16FNO4S. The lowest BCUT2D eigenvalue weighted by Crippen LogP contribution is -2.37. The lowest BCUT2D eigenvalue weighted by Gasteiger charge is -2.23. The van der Waals surface area contributed by atoms with Crippen LogP contribution in [0.1, 0.15) is 18.9 Å². The third-order valence-corrected chi connectivity index (χ3v) is 5.88. The third-order valence-electron chi connectivity index (χ3n) is 3.75. The fourth-order valence-corrected chi connectivity index (χ4v) is 4.48. The van der Waals surface area contributed by atoms with Crippen molar-refractivity contribution in [1.29, 1.82) is 0 Å². The van der Waals surface area contributed by atoms with Crippen molar-refractivity contribution in [3.05, 3.63) is 29.6 Å². The summed E-state index contributed by atoms with van der Waals surface area (Å²) in [6, 6.07) is 2.94. The van der Waals surface area contributed by atoms with Gasteiger partial charge in [0, 0.05) is 12.6 Å². The number of sulfonamides is 1. The Labute approximate surface area is 117 Å². The van der Waals surface area contributed by atoms with Gasteiger partial charge in [0.05, 0.1) is 10.8 Å².